The number of nitrogens with zero attached hydrogens (tertiary/aromatic N) is 2. The van der Waals surface area contributed by atoms with Gasteiger partial charge in [0.1, 0.15) is 16.2 Å². The molecule has 0 aliphatic carbocycles. The van der Waals surface area contributed by atoms with Crippen LogP contribution in [0.3, 0.4) is 0 Å². The summed E-state index contributed by atoms with van der Waals surface area (Å²) in [5.74, 6) is 0. The molecule has 3 heterocycles. The van der Waals surface area contributed by atoms with Crippen LogP contribution in [0.2, 0.25) is 0 Å². The second kappa shape index (κ2) is 10.9. The fraction of sp³-hybridized carbons (Fsp3) is 0. The molecule has 7 aromatic carbocycles. The van der Waals surface area contributed by atoms with Crippen molar-refractivity contribution < 1.29 is 4.42 Å². The molecule has 0 aliphatic heterocycles. The van der Waals surface area contributed by atoms with Crippen molar-refractivity contribution in [3.8, 4) is 21.7 Å². The van der Waals surface area contributed by atoms with E-state index in [2.05, 4.69) is 144 Å². The maximum Gasteiger partial charge on any atom is 0.137 e. The quantitative estimate of drug-likeness (QED) is 0.186. The number of fused-ring (bicyclic) bond motifs is 7. The monoisotopic (exact) mass is 650 g/mol. The molecule has 0 saturated heterocycles. The van der Waals surface area contributed by atoms with Crippen molar-refractivity contribution in [1.29, 1.82) is 0 Å². The van der Waals surface area contributed by atoms with Gasteiger partial charge in [0, 0.05) is 49.2 Å². The minimum Gasteiger partial charge on any atom is -0.456 e. The minimum absolute atomic E-state index is 0.878. The van der Waals surface area contributed by atoms with Gasteiger partial charge in [-0.05, 0) is 59.7 Å². The van der Waals surface area contributed by atoms with Crippen LogP contribution in [0, 0.1) is 0 Å². The van der Waals surface area contributed by atoms with E-state index < -0.39 is 0 Å². The summed E-state index contributed by atoms with van der Waals surface area (Å²) in [5.41, 5.74) is 9.65. The first kappa shape index (κ1) is 27.4. The first-order chi connectivity index (χ1) is 23.8. The molecule has 10 aromatic rings. The van der Waals surface area contributed by atoms with Crippen LogP contribution in [-0.2, 0) is 0 Å². The molecule has 226 valence electrons. The molecular formula is C43H26N2OS2. The van der Waals surface area contributed by atoms with Gasteiger partial charge in [0.25, 0.3) is 0 Å². The van der Waals surface area contributed by atoms with Crippen LogP contribution in [-0.4, -0.2) is 4.98 Å². The van der Waals surface area contributed by atoms with Crippen molar-refractivity contribution in [2.24, 2.45) is 0 Å². The number of thiazole rings is 1. The van der Waals surface area contributed by atoms with Crippen molar-refractivity contribution in [1.82, 2.24) is 4.98 Å². The number of rotatable bonds is 5. The molecular weight excluding hydrogens is 625 g/mol. The van der Waals surface area contributed by atoms with Crippen molar-refractivity contribution in [3.05, 3.63) is 158 Å². The van der Waals surface area contributed by atoms with Crippen molar-refractivity contribution in [2.75, 3.05) is 4.90 Å². The van der Waals surface area contributed by atoms with Crippen LogP contribution in [0.15, 0.2) is 162 Å². The van der Waals surface area contributed by atoms with Crippen molar-refractivity contribution in [2.45, 2.75) is 0 Å². The standard InChI is InChI=1S/C43H26N2OS2/c1-3-10-27(11-4-1)28-18-20-30(21-19-28)45(31-22-23-33-32-14-7-8-17-38(32)46-39(33)24-31)37-16-9-15-34-35-25-36-41(26-40(35)47-42(34)37)48-43(44-36)29-12-5-2-6-13-29/h1-26H. The first-order valence-electron chi connectivity index (χ1n) is 15.9. The highest BCUT2D eigenvalue weighted by Gasteiger charge is 2.20. The van der Waals surface area contributed by atoms with Crippen molar-refractivity contribution >= 4 is 92.1 Å². The Morgan fingerprint density at radius 1 is 0.458 bits per heavy atom. The number of para-hydroxylation sites is 1. The number of anilines is 3. The molecule has 3 aromatic heterocycles. The topological polar surface area (TPSA) is 29.3 Å². The van der Waals surface area contributed by atoms with Gasteiger partial charge >= 0.3 is 0 Å². The maximum atomic E-state index is 6.37. The van der Waals surface area contributed by atoms with E-state index in [1.54, 1.807) is 11.3 Å². The van der Waals surface area contributed by atoms with E-state index in [9.17, 15) is 0 Å². The smallest absolute Gasteiger partial charge is 0.137 e. The molecule has 10 rings (SSSR count). The molecule has 0 fully saturated rings. The van der Waals surface area contributed by atoms with E-state index in [0.717, 1.165) is 55.1 Å². The van der Waals surface area contributed by atoms with Gasteiger partial charge in [0.2, 0.25) is 0 Å². The fourth-order valence-corrected chi connectivity index (χ4v) is 9.09. The van der Waals surface area contributed by atoms with E-state index in [-0.39, 0.29) is 0 Å². The predicted molar refractivity (Wildman–Crippen MR) is 205 cm³/mol. The summed E-state index contributed by atoms with van der Waals surface area (Å²) < 4.78 is 10.1. The third-order valence-electron chi connectivity index (χ3n) is 9.10. The number of benzene rings is 7. The maximum absolute atomic E-state index is 6.37. The molecule has 3 nitrogen and oxygen atoms in total. The van der Waals surface area contributed by atoms with E-state index in [1.807, 2.05) is 29.5 Å². The van der Waals surface area contributed by atoms with Crippen LogP contribution < -0.4 is 4.90 Å². The summed E-state index contributed by atoms with van der Waals surface area (Å²) in [6, 6.07) is 56.0. The molecule has 0 bridgehead atoms. The molecule has 0 radical (unpaired) electrons. The zero-order chi connectivity index (χ0) is 31.6. The molecule has 0 saturated carbocycles. The Balaban J connectivity index is 1.16. The summed E-state index contributed by atoms with van der Waals surface area (Å²) in [4.78, 5) is 7.42. The lowest BCUT2D eigenvalue weighted by molar-refractivity contribution is 0.669. The minimum atomic E-state index is 0.878. The third kappa shape index (κ3) is 4.43. The van der Waals surface area contributed by atoms with Crippen LogP contribution >= 0.6 is 22.7 Å². The van der Waals surface area contributed by atoms with Gasteiger partial charge in [-0.1, -0.05) is 103 Å². The lowest BCUT2D eigenvalue weighted by Gasteiger charge is -2.26. The van der Waals surface area contributed by atoms with Crippen molar-refractivity contribution in [3.63, 3.8) is 0 Å². The Bertz CT molecular complexity index is 2780. The molecule has 5 heteroatoms. The third-order valence-corrected chi connectivity index (χ3v) is 11.4. The fourth-order valence-electron chi connectivity index (χ4n) is 6.80. The zero-order valence-electron chi connectivity index (χ0n) is 25.6. The Morgan fingerprint density at radius 2 is 1.15 bits per heavy atom. The largest absolute Gasteiger partial charge is 0.456 e. The summed E-state index contributed by atoms with van der Waals surface area (Å²) in [7, 11) is 0. The SMILES string of the molecule is c1ccc(-c2ccc(N(c3ccc4c(c3)oc3ccccc34)c3cccc4c3sc3cc5sc(-c6ccccc6)nc5cc34)cc2)cc1. The molecule has 0 N–H and O–H groups in total. The van der Waals surface area contributed by atoms with Gasteiger partial charge in [-0.2, -0.15) is 0 Å². The van der Waals surface area contributed by atoms with E-state index in [4.69, 9.17) is 9.40 Å². The predicted octanol–water partition coefficient (Wildman–Crippen LogP) is 13.4. The van der Waals surface area contributed by atoms with Crippen LogP contribution in [0.25, 0.3) is 74.0 Å². The van der Waals surface area contributed by atoms with Gasteiger partial charge in [-0.3, -0.25) is 0 Å². The Kier molecular flexibility index (Phi) is 6.22. The Morgan fingerprint density at radius 3 is 1.98 bits per heavy atom. The average Bonchev–Trinajstić information content (AvgIpc) is 3.85. The number of hydrogen-bond donors (Lipinski definition) is 0. The van der Waals surface area contributed by atoms with Crippen LogP contribution in [0.4, 0.5) is 17.1 Å². The lowest BCUT2D eigenvalue weighted by Crippen LogP contribution is -2.10. The van der Waals surface area contributed by atoms with Crippen LogP contribution in [0.5, 0.6) is 0 Å². The number of aromatic nitrogens is 1. The highest BCUT2D eigenvalue weighted by Crippen LogP contribution is 2.47. The molecule has 0 aliphatic rings. The summed E-state index contributed by atoms with van der Waals surface area (Å²) in [5, 5.41) is 5.78. The zero-order valence-corrected chi connectivity index (χ0v) is 27.3. The second-order valence-corrected chi connectivity index (χ2v) is 14.1. The molecule has 48 heavy (non-hydrogen) atoms. The average molecular weight is 651 g/mol. The van der Waals surface area contributed by atoms with Gasteiger partial charge < -0.3 is 9.32 Å². The van der Waals surface area contributed by atoms with E-state index in [1.165, 1.54) is 36.0 Å². The highest BCUT2D eigenvalue weighted by molar-refractivity contribution is 7.27. The second-order valence-electron chi connectivity index (χ2n) is 12.0. The molecule has 0 atom stereocenters. The molecule has 0 unspecified atom stereocenters. The summed E-state index contributed by atoms with van der Waals surface area (Å²) in [6.45, 7) is 0. The molecule has 0 spiro atoms. The Labute approximate surface area is 284 Å². The van der Waals surface area contributed by atoms with Gasteiger partial charge in [0.05, 0.1) is 20.6 Å². The van der Waals surface area contributed by atoms with Gasteiger partial charge in [-0.15, -0.1) is 22.7 Å². The Hall–Kier alpha value is -5.75. The van der Waals surface area contributed by atoms with E-state index in [0.29, 0.717) is 0 Å². The number of hydrogen-bond acceptors (Lipinski definition) is 5. The summed E-state index contributed by atoms with van der Waals surface area (Å²) in [6.07, 6.45) is 0. The number of furan rings is 1. The number of thiophene rings is 1. The van der Waals surface area contributed by atoms with Gasteiger partial charge in [0.15, 0.2) is 0 Å². The summed E-state index contributed by atoms with van der Waals surface area (Å²) >= 11 is 3.60. The molecule has 0 amide bonds. The highest BCUT2D eigenvalue weighted by atomic mass is 32.1. The lowest BCUT2D eigenvalue weighted by atomic mass is 10.0. The first-order valence-corrected chi connectivity index (χ1v) is 17.6. The van der Waals surface area contributed by atoms with Crippen LogP contribution in [0.1, 0.15) is 0 Å². The van der Waals surface area contributed by atoms with Gasteiger partial charge in [-0.25, -0.2) is 4.98 Å². The normalized spacial score (nSPS) is 11.8. The van der Waals surface area contributed by atoms with E-state index >= 15 is 0 Å².